The number of rotatable bonds is 1. The Kier molecular flexibility index (Phi) is 4.29. The SMILES string of the molecule is CC1(C)CCCN(C(=S)NC2CCCC2)CC1. The van der Waals surface area contributed by atoms with Crippen molar-refractivity contribution in [1.82, 2.24) is 10.2 Å². The summed E-state index contributed by atoms with van der Waals surface area (Å²) in [6, 6.07) is 0.652. The van der Waals surface area contributed by atoms with Crippen molar-refractivity contribution in [3.63, 3.8) is 0 Å². The van der Waals surface area contributed by atoms with Gasteiger partial charge in [-0.25, -0.2) is 0 Å². The quantitative estimate of drug-likeness (QED) is 0.723. The van der Waals surface area contributed by atoms with E-state index in [1.165, 1.54) is 44.9 Å². The normalized spacial score (nSPS) is 25.6. The third-order valence-corrected chi connectivity index (χ3v) is 4.69. The molecule has 2 nitrogen and oxygen atoms in total. The highest BCUT2D eigenvalue weighted by atomic mass is 32.1. The van der Waals surface area contributed by atoms with Crippen LogP contribution in [0.3, 0.4) is 0 Å². The van der Waals surface area contributed by atoms with Crippen LogP contribution in [0, 0.1) is 5.41 Å². The molecule has 1 aliphatic carbocycles. The van der Waals surface area contributed by atoms with Gasteiger partial charge in [0.25, 0.3) is 0 Å². The fraction of sp³-hybridized carbons (Fsp3) is 0.929. The molecule has 0 bridgehead atoms. The molecule has 0 radical (unpaired) electrons. The molecule has 0 amide bonds. The molecule has 98 valence electrons. The van der Waals surface area contributed by atoms with Gasteiger partial charge in [0.15, 0.2) is 5.11 Å². The average Bonchev–Trinajstić information content (AvgIpc) is 2.68. The number of likely N-dealkylation sites (tertiary alicyclic amines) is 1. The van der Waals surface area contributed by atoms with E-state index in [-0.39, 0.29) is 0 Å². The van der Waals surface area contributed by atoms with E-state index in [1.807, 2.05) is 0 Å². The molecule has 0 aromatic heterocycles. The van der Waals surface area contributed by atoms with Crippen LogP contribution >= 0.6 is 12.2 Å². The lowest BCUT2D eigenvalue weighted by atomic mass is 9.85. The molecule has 0 atom stereocenters. The summed E-state index contributed by atoms with van der Waals surface area (Å²) in [4.78, 5) is 2.39. The number of nitrogens with zero attached hydrogens (tertiary/aromatic N) is 1. The van der Waals surface area contributed by atoms with E-state index in [4.69, 9.17) is 12.2 Å². The summed E-state index contributed by atoms with van der Waals surface area (Å²) in [6.45, 7) is 7.03. The Hall–Kier alpha value is -0.310. The molecule has 1 N–H and O–H groups in total. The highest BCUT2D eigenvalue weighted by molar-refractivity contribution is 7.80. The van der Waals surface area contributed by atoms with E-state index >= 15 is 0 Å². The summed E-state index contributed by atoms with van der Waals surface area (Å²) in [5, 5.41) is 4.57. The van der Waals surface area contributed by atoms with E-state index in [0.29, 0.717) is 11.5 Å². The summed E-state index contributed by atoms with van der Waals surface area (Å²) < 4.78 is 0. The van der Waals surface area contributed by atoms with Gasteiger partial charge < -0.3 is 10.2 Å². The van der Waals surface area contributed by atoms with E-state index in [9.17, 15) is 0 Å². The maximum Gasteiger partial charge on any atom is 0.169 e. The Morgan fingerprint density at radius 1 is 1.12 bits per heavy atom. The van der Waals surface area contributed by atoms with Gasteiger partial charge in [0.1, 0.15) is 0 Å². The van der Waals surface area contributed by atoms with E-state index < -0.39 is 0 Å². The smallest absolute Gasteiger partial charge is 0.169 e. The fourth-order valence-electron chi connectivity index (χ4n) is 2.96. The lowest BCUT2D eigenvalue weighted by Gasteiger charge is -2.27. The number of thiocarbonyl (C=S) groups is 1. The molecule has 17 heavy (non-hydrogen) atoms. The van der Waals surface area contributed by atoms with Crippen molar-refractivity contribution in [1.29, 1.82) is 0 Å². The standard InChI is InChI=1S/C14H26N2S/c1-14(2)8-5-10-16(11-9-14)13(17)15-12-6-3-4-7-12/h12H,3-11H2,1-2H3,(H,15,17). The zero-order valence-electron chi connectivity index (χ0n) is 11.3. The summed E-state index contributed by atoms with van der Waals surface area (Å²) in [5.74, 6) is 0. The predicted molar refractivity (Wildman–Crippen MR) is 77.2 cm³/mol. The van der Waals surface area contributed by atoms with Gasteiger partial charge in [-0.05, 0) is 49.7 Å². The first-order valence-corrected chi connectivity index (χ1v) is 7.53. The first kappa shape index (κ1) is 13.1. The lowest BCUT2D eigenvalue weighted by molar-refractivity contribution is 0.312. The van der Waals surface area contributed by atoms with Crippen LogP contribution in [0.25, 0.3) is 0 Å². The molecule has 0 aromatic carbocycles. The maximum absolute atomic E-state index is 5.56. The van der Waals surface area contributed by atoms with Gasteiger partial charge >= 0.3 is 0 Å². The Bertz CT molecular complexity index is 269. The molecule has 1 heterocycles. The second-order valence-electron chi connectivity index (χ2n) is 6.44. The van der Waals surface area contributed by atoms with Crippen LogP contribution in [-0.4, -0.2) is 29.1 Å². The third kappa shape index (κ3) is 3.84. The van der Waals surface area contributed by atoms with Crippen LogP contribution < -0.4 is 5.32 Å². The fourth-order valence-corrected chi connectivity index (χ4v) is 3.31. The average molecular weight is 254 g/mol. The largest absolute Gasteiger partial charge is 0.360 e. The topological polar surface area (TPSA) is 15.3 Å². The van der Waals surface area contributed by atoms with Crippen LogP contribution in [0.2, 0.25) is 0 Å². The summed E-state index contributed by atoms with van der Waals surface area (Å²) in [5.41, 5.74) is 0.498. The van der Waals surface area contributed by atoms with Gasteiger partial charge in [0.05, 0.1) is 0 Å². The van der Waals surface area contributed by atoms with Gasteiger partial charge in [0.2, 0.25) is 0 Å². The van der Waals surface area contributed by atoms with Crippen LogP contribution in [0.5, 0.6) is 0 Å². The maximum atomic E-state index is 5.56. The molecule has 2 aliphatic rings. The van der Waals surface area contributed by atoms with Crippen LogP contribution in [-0.2, 0) is 0 Å². The Balaban J connectivity index is 1.82. The minimum Gasteiger partial charge on any atom is -0.360 e. The van der Waals surface area contributed by atoms with Gasteiger partial charge in [0, 0.05) is 19.1 Å². The molecular formula is C14H26N2S. The van der Waals surface area contributed by atoms with Gasteiger partial charge in [-0.15, -0.1) is 0 Å². The molecule has 1 aliphatic heterocycles. The van der Waals surface area contributed by atoms with Crippen LogP contribution in [0.4, 0.5) is 0 Å². The second kappa shape index (κ2) is 5.55. The molecule has 2 fully saturated rings. The van der Waals surface area contributed by atoms with Crippen molar-refractivity contribution in [3.05, 3.63) is 0 Å². The van der Waals surface area contributed by atoms with Crippen molar-refractivity contribution < 1.29 is 0 Å². The third-order valence-electron chi connectivity index (χ3n) is 4.31. The minimum absolute atomic E-state index is 0.498. The Labute approximate surface area is 111 Å². The van der Waals surface area contributed by atoms with Crippen molar-refractivity contribution in [3.8, 4) is 0 Å². The van der Waals surface area contributed by atoms with Crippen molar-refractivity contribution >= 4 is 17.3 Å². The van der Waals surface area contributed by atoms with Crippen molar-refractivity contribution in [2.24, 2.45) is 5.41 Å². The zero-order valence-corrected chi connectivity index (χ0v) is 12.1. The highest BCUT2D eigenvalue weighted by Crippen LogP contribution is 2.29. The van der Waals surface area contributed by atoms with Crippen molar-refractivity contribution in [2.75, 3.05) is 13.1 Å². The molecule has 3 heteroatoms. The zero-order chi connectivity index (χ0) is 12.3. The molecular weight excluding hydrogens is 228 g/mol. The summed E-state index contributed by atoms with van der Waals surface area (Å²) in [7, 11) is 0. The van der Waals surface area contributed by atoms with Gasteiger partial charge in [-0.1, -0.05) is 26.7 Å². The minimum atomic E-state index is 0.498. The number of hydrogen-bond donors (Lipinski definition) is 1. The second-order valence-corrected chi connectivity index (χ2v) is 6.82. The molecule has 0 spiro atoms. The first-order chi connectivity index (χ1) is 8.07. The van der Waals surface area contributed by atoms with Crippen LogP contribution in [0.15, 0.2) is 0 Å². The monoisotopic (exact) mass is 254 g/mol. The van der Waals surface area contributed by atoms with Gasteiger partial charge in [-0.3, -0.25) is 0 Å². The highest BCUT2D eigenvalue weighted by Gasteiger charge is 2.25. The van der Waals surface area contributed by atoms with Gasteiger partial charge in [-0.2, -0.15) is 0 Å². The molecule has 2 rings (SSSR count). The predicted octanol–water partition coefficient (Wildman–Crippen LogP) is 3.32. The molecule has 1 saturated heterocycles. The Morgan fingerprint density at radius 2 is 1.82 bits per heavy atom. The first-order valence-electron chi connectivity index (χ1n) is 7.12. The number of hydrogen-bond acceptors (Lipinski definition) is 1. The summed E-state index contributed by atoms with van der Waals surface area (Å²) >= 11 is 5.56. The molecule has 0 aromatic rings. The lowest BCUT2D eigenvalue weighted by Crippen LogP contribution is -2.44. The van der Waals surface area contributed by atoms with E-state index in [0.717, 1.165) is 18.2 Å². The molecule has 1 saturated carbocycles. The van der Waals surface area contributed by atoms with E-state index in [1.54, 1.807) is 0 Å². The number of nitrogens with one attached hydrogen (secondary N) is 1. The van der Waals surface area contributed by atoms with Crippen molar-refractivity contribution in [2.45, 2.75) is 64.8 Å². The molecule has 0 unspecified atom stereocenters. The van der Waals surface area contributed by atoms with Crippen LogP contribution in [0.1, 0.15) is 58.8 Å². The summed E-state index contributed by atoms with van der Waals surface area (Å²) in [6.07, 6.45) is 9.22. The Morgan fingerprint density at radius 3 is 2.53 bits per heavy atom. The van der Waals surface area contributed by atoms with E-state index in [2.05, 4.69) is 24.1 Å².